The average Bonchev–Trinajstić information content (AvgIpc) is 2.10. The van der Waals surface area contributed by atoms with Gasteiger partial charge in [0.05, 0.1) is 0 Å². The number of allylic oxidation sites excluding steroid dienone is 5. The van der Waals surface area contributed by atoms with Crippen LogP contribution in [0.15, 0.2) is 37.0 Å². The summed E-state index contributed by atoms with van der Waals surface area (Å²) in [5.74, 6) is 0. The lowest BCUT2D eigenvalue weighted by molar-refractivity contribution is 0.797. The SMILES string of the molecule is C=CC=CC=CCCC[CH]CC. The third kappa shape index (κ3) is 9.22. The minimum Gasteiger partial charge on any atom is -0.0991 e. The quantitative estimate of drug-likeness (QED) is 0.392. The molecule has 0 heteroatoms. The van der Waals surface area contributed by atoms with Crippen LogP contribution in [0.4, 0.5) is 0 Å². The van der Waals surface area contributed by atoms with Crippen LogP contribution in [0, 0.1) is 6.42 Å². The summed E-state index contributed by atoms with van der Waals surface area (Å²) in [5, 5.41) is 0. The topological polar surface area (TPSA) is 0 Å². The summed E-state index contributed by atoms with van der Waals surface area (Å²) in [7, 11) is 0. The summed E-state index contributed by atoms with van der Waals surface area (Å²) in [4.78, 5) is 0. The first-order chi connectivity index (χ1) is 5.91. The number of rotatable bonds is 7. The van der Waals surface area contributed by atoms with Crippen molar-refractivity contribution in [2.24, 2.45) is 0 Å². The van der Waals surface area contributed by atoms with Crippen molar-refractivity contribution in [1.82, 2.24) is 0 Å². The molecule has 0 fully saturated rings. The first-order valence-electron chi connectivity index (χ1n) is 4.67. The maximum atomic E-state index is 3.59. The summed E-state index contributed by atoms with van der Waals surface area (Å²) in [6.07, 6.45) is 17.2. The predicted octanol–water partition coefficient (Wildman–Crippen LogP) is 4.07. The van der Waals surface area contributed by atoms with Crippen LogP contribution in [0.1, 0.15) is 32.6 Å². The van der Waals surface area contributed by atoms with Gasteiger partial charge in [-0.1, -0.05) is 50.3 Å². The second kappa shape index (κ2) is 10.2. The molecule has 0 heterocycles. The van der Waals surface area contributed by atoms with Crippen molar-refractivity contribution in [3.63, 3.8) is 0 Å². The second-order valence-electron chi connectivity index (χ2n) is 2.68. The Hall–Kier alpha value is -0.780. The molecule has 0 saturated carbocycles. The largest absolute Gasteiger partial charge is 0.0991 e. The highest BCUT2D eigenvalue weighted by atomic mass is 13.9. The molecule has 0 aliphatic heterocycles. The first-order valence-corrected chi connectivity index (χ1v) is 4.67. The normalized spacial score (nSPS) is 11.4. The van der Waals surface area contributed by atoms with Crippen LogP contribution in [-0.4, -0.2) is 0 Å². The summed E-state index contributed by atoms with van der Waals surface area (Å²) < 4.78 is 0. The van der Waals surface area contributed by atoms with Gasteiger partial charge in [0.25, 0.3) is 0 Å². The second-order valence-corrected chi connectivity index (χ2v) is 2.68. The molecule has 0 bridgehead atoms. The molecule has 0 spiro atoms. The van der Waals surface area contributed by atoms with E-state index in [1.165, 1.54) is 25.7 Å². The molecular formula is C12H19. The smallest absolute Gasteiger partial charge is 0.0348 e. The fraction of sp³-hybridized carbons (Fsp3) is 0.417. The number of hydrogen-bond acceptors (Lipinski definition) is 0. The van der Waals surface area contributed by atoms with Crippen molar-refractivity contribution in [1.29, 1.82) is 0 Å². The molecule has 0 aliphatic carbocycles. The Labute approximate surface area is 76.7 Å². The molecule has 0 nitrogen and oxygen atoms in total. The lowest BCUT2D eigenvalue weighted by Gasteiger charge is -1.92. The third-order valence-electron chi connectivity index (χ3n) is 1.56. The zero-order chi connectivity index (χ0) is 9.07. The summed E-state index contributed by atoms with van der Waals surface area (Å²) in [6.45, 7) is 5.78. The fourth-order valence-corrected chi connectivity index (χ4v) is 0.902. The molecule has 0 unspecified atom stereocenters. The lowest BCUT2D eigenvalue weighted by atomic mass is 10.1. The van der Waals surface area contributed by atoms with Gasteiger partial charge in [-0.3, -0.25) is 0 Å². The maximum Gasteiger partial charge on any atom is -0.0348 e. The van der Waals surface area contributed by atoms with Crippen molar-refractivity contribution < 1.29 is 0 Å². The molecular weight excluding hydrogens is 144 g/mol. The van der Waals surface area contributed by atoms with Crippen LogP contribution in [0.25, 0.3) is 0 Å². The van der Waals surface area contributed by atoms with E-state index in [-0.39, 0.29) is 0 Å². The van der Waals surface area contributed by atoms with Gasteiger partial charge in [0, 0.05) is 0 Å². The maximum absolute atomic E-state index is 3.59. The van der Waals surface area contributed by atoms with Crippen molar-refractivity contribution in [3.8, 4) is 0 Å². The Morgan fingerprint density at radius 1 is 1.08 bits per heavy atom. The van der Waals surface area contributed by atoms with Crippen LogP contribution in [0.5, 0.6) is 0 Å². The van der Waals surface area contributed by atoms with Crippen LogP contribution in [-0.2, 0) is 0 Å². The molecule has 0 atom stereocenters. The number of unbranched alkanes of at least 4 members (excludes halogenated alkanes) is 4. The van der Waals surface area contributed by atoms with E-state index >= 15 is 0 Å². The van der Waals surface area contributed by atoms with E-state index < -0.39 is 0 Å². The Bertz CT molecular complexity index is 140. The van der Waals surface area contributed by atoms with Crippen LogP contribution in [0.2, 0.25) is 0 Å². The molecule has 0 N–H and O–H groups in total. The first kappa shape index (κ1) is 11.2. The van der Waals surface area contributed by atoms with Gasteiger partial charge in [0.15, 0.2) is 0 Å². The molecule has 0 amide bonds. The molecule has 0 aromatic carbocycles. The van der Waals surface area contributed by atoms with E-state index in [9.17, 15) is 0 Å². The van der Waals surface area contributed by atoms with Gasteiger partial charge in [-0.25, -0.2) is 0 Å². The Kier molecular flexibility index (Phi) is 9.56. The van der Waals surface area contributed by atoms with Crippen LogP contribution in [0.3, 0.4) is 0 Å². The molecule has 12 heavy (non-hydrogen) atoms. The molecule has 67 valence electrons. The van der Waals surface area contributed by atoms with Crippen molar-refractivity contribution >= 4 is 0 Å². The van der Waals surface area contributed by atoms with E-state index in [0.717, 1.165) is 0 Å². The highest BCUT2D eigenvalue weighted by Gasteiger charge is 1.83. The molecule has 0 rings (SSSR count). The van der Waals surface area contributed by atoms with E-state index in [4.69, 9.17) is 0 Å². The van der Waals surface area contributed by atoms with Crippen LogP contribution >= 0.6 is 0 Å². The van der Waals surface area contributed by atoms with E-state index in [1.54, 1.807) is 6.08 Å². The van der Waals surface area contributed by atoms with Crippen molar-refractivity contribution in [2.75, 3.05) is 0 Å². The van der Waals surface area contributed by atoms with E-state index in [2.05, 4.69) is 32.1 Å². The summed E-state index contributed by atoms with van der Waals surface area (Å²) in [6, 6.07) is 0. The van der Waals surface area contributed by atoms with Gasteiger partial charge in [-0.05, 0) is 25.7 Å². The summed E-state index contributed by atoms with van der Waals surface area (Å²) in [5.41, 5.74) is 0. The Morgan fingerprint density at radius 2 is 1.92 bits per heavy atom. The third-order valence-corrected chi connectivity index (χ3v) is 1.56. The molecule has 0 saturated heterocycles. The van der Waals surface area contributed by atoms with Gasteiger partial charge in [0.2, 0.25) is 0 Å². The van der Waals surface area contributed by atoms with Crippen LogP contribution < -0.4 is 0 Å². The average molecular weight is 163 g/mol. The summed E-state index contributed by atoms with van der Waals surface area (Å²) >= 11 is 0. The van der Waals surface area contributed by atoms with Gasteiger partial charge >= 0.3 is 0 Å². The molecule has 0 aliphatic rings. The molecule has 1 radical (unpaired) electrons. The number of hydrogen-bond donors (Lipinski definition) is 0. The minimum atomic E-state index is 1.18. The monoisotopic (exact) mass is 163 g/mol. The highest BCUT2D eigenvalue weighted by Crippen LogP contribution is 2.01. The standard InChI is InChI=1S/C12H19/c1-3-5-7-9-11-12-10-8-6-4-2/h3,5-7,9,11H,1,4,8,10,12H2,2H3. The minimum absolute atomic E-state index is 1.18. The van der Waals surface area contributed by atoms with Crippen molar-refractivity contribution in [2.45, 2.75) is 32.6 Å². The van der Waals surface area contributed by atoms with Gasteiger partial charge in [-0.2, -0.15) is 0 Å². The zero-order valence-electron chi connectivity index (χ0n) is 8.00. The van der Waals surface area contributed by atoms with Crippen molar-refractivity contribution in [3.05, 3.63) is 43.4 Å². The van der Waals surface area contributed by atoms with Gasteiger partial charge < -0.3 is 0 Å². The molecule has 0 aromatic heterocycles. The van der Waals surface area contributed by atoms with E-state index in [0.29, 0.717) is 0 Å². The highest BCUT2D eigenvalue weighted by molar-refractivity contribution is 5.08. The lowest BCUT2D eigenvalue weighted by Crippen LogP contribution is -1.74. The zero-order valence-corrected chi connectivity index (χ0v) is 8.00. The Morgan fingerprint density at radius 3 is 2.58 bits per heavy atom. The van der Waals surface area contributed by atoms with Gasteiger partial charge in [0.1, 0.15) is 0 Å². The van der Waals surface area contributed by atoms with E-state index in [1.807, 2.05) is 12.2 Å². The van der Waals surface area contributed by atoms with Gasteiger partial charge in [-0.15, -0.1) is 0 Å². The Balaban J connectivity index is 3.13. The molecule has 0 aromatic rings. The predicted molar refractivity (Wildman–Crippen MR) is 56.9 cm³/mol. The fourth-order valence-electron chi connectivity index (χ4n) is 0.902.